The Morgan fingerprint density at radius 1 is 1.10 bits per heavy atom. The molecule has 30 heavy (non-hydrogen) atoms. The van der Waals surface area contributed by atoms with Crippen molar-refractivity contribution >= 4 is 39.0 Å². The summed E-state index contributed by atoms with van der Waals surface area (Å²) in [5, 5.41) is 3.08. The molecule has 0 fully saturated rings. The Labute approximate surface area is 184 Å². The molecule has 0 radical (unpaired) electrons. The Morgan fingerprint density at radius 2 is 1.83 bits per heavy atom. The topological polar surface area (TPSA) is 102 Å². The highest BCUT2D eigenvalue weighted by Gasteiger charge is 2.23. The van der Waals surface area contributed by atoms with E-state index < -0.39 is 10.0 Å². The minimum Gasteiger partial charge on any atom is -0.478 e. The fourth-order valence-corrected chi connectivity index (χ4v) is 4.26. The molecule has 0 aliphatic carbocycles. The third-order valence-corrected chi connectivity index (χ3v) is 6.19. The van der Waals surface area contributed by atoms with Crippen molar-refractivity contribution in [1.82, 2.24) is 15.3 Å². The molecule has 0 atom stereocenters. The molecule has 0 spiro atoms. The number of anilines is 1. The highest BCUT2D eigenvalue weighted by molar-refractivity contribution is 7.92. The number of ether oxygens (including phenoxy) is 2. The maximum Gasteiger partial charge on any atom is 0.264 e. The molecule has 0 saturated carbocycles. The van der Waals surface area contributed by atoms with Crippen LogP contribution in [-0.4, -0.2) is 32.5 Å². The zero-order chi connectivity index (χ0) is 21.7. The number of rotatable bonds is 8. The maximum absolute atomic E-state index is 12.7. The average Bonchev–Trinajstić information content (AvgIpc) is 2.72. The molecule has 0 aliphatic rings. The van der Waals surface area contributed by atoms with Gasteiger partial charge in [-0.05, 0) is 36.9 Å². The van der Waals surface area contributed by atoms with Crippen LogP contribution in [0.1, 0.15) is 5.56 Å². The second kappa shape index (κ2) is 9.48. The summed E-state index contributed by atoms with van der Waals surface area (Å²) in [5.41, 5.74) is 1.10. The van der Waals surface area contributed by atoms with Gasteiger partial charge in [-0.25, -0.2) is 13.4 Å². The van der Waals surface area contributed by atoms with Gasteiger partial charge >= 0.3 is 0 Å². The second-order valence-corrected chi connectivity index (χ2v) is 8.44. The molecule has 2 aromatic carbocycles. The smallest absolute Gasteiger partial charge is 0.264 e. The molecule has 8 nitrogen and oxygen atoms in total. The molecule has 1 aromatic heterocycles. The molecule has 3 aromatic rings. The van der Waals surface area contributed by atoms with E-state index in [2.05, 4.69) is 20.0 Å². The Hall–Kier alpha value is -2.59. The minimum atomic E-state index is -4.08. The van der Waals surface area contributed by atoms with E-state index in [9.17, 15) is 8.42 Å². The average molecular weight is 469 g/mol. The second-order valence-electron chi connectivity index (χ2n) is 6.00. The molecule has 158 valence electrons. The molecule has 11 heteroatoms. The van der Waals surface area contributed by atoms with Crippen LogP contribution in [0.3, 0.4) is 0 Å². The van der Waals surface area contributed by atoms with Crippen molar-refractivity contribution in [3.05, 3.63) is 64.3 Å². The molecular weight excluding hydrogens is 451 g/mol. The largest absolute Gasteiger partial charge is 0.478 e. The Morgan fingerprint density at radius 3 is 2.50 bits per heavy atom. The molecule has 0 unspecified atom stereocenters. The first-order valence-corrected chi connectivity index (χ1v) is 10.9. The molecule has 3 rings (SSSR count). The van der Waals surface area contributed by atoms with Gasteiger partial charge in [0, 0.05) is 6.54 Å². The van der Waals surface area contributed by atoms with E-state index in [0.717, 1.165) is 12.1 Å². The maximum atomic E-state index is 12.7. The standard InChI is InChI=1S/C19H18Cl2N4O4S/c1-22-10-12-6-8-13(9-7-12)29-16-11-23-18(19(24-16)28-2)25-30(26,27)15-5-3-4-14(20)17(15)21/h3-9,11,22H,10H2,1-2H3,(H,23,25). The number of aromatic nitrogens is 2. The lowest BCUT2D eigenvalue weighted by molar-refractivity contribution is 0.382. The third-order valence-electron chi connectivity index (χ3n) is 3.88. The summed E-state index contributed by atoms with van der Waals surface area (Å²) in [7, 11) is -0.875. The zero-order valence-corrected chi connectivity index (χ0v) is 18.3. The summed E-state index contributed by atoms with van der Waals surface area (Å²) in [6.07, 6.45) is 1.28. The molecular formula is C19H18Cl2N4O4S. The molecule has 0 amide bonds. The van der Waals surface area contributed by atoms with Crippen LogP contribution >= 0.6 is 23.2 Å². The number of hydrogen-bond donors (Lipinski definition) is 2. The Balaban J connectivity index is 1.82. The number of nitrogens with zero attached hydrogens (tertiary/aromatic N) is 2. The van der Waals surface area contributed by atoms with Crippen LogP contribution in [0.5, 0.6) is 17.5 Å². The number of nitrogens with one attached hydrogen (secondary N) is 2. The predicted molar refractivity (Wildman–Crippen MR) is 115 cm³/mol. The van der Waals surface area contributed by atoms with Gasteiger partial charge in [0.25, 0.3) is 15.9 Å². The van der Waals surface area contributed by atoms with Gasteiger partial charge in [-0.15, -0.1) is 0 Å². The van der Waals surface area contributed by atoms with Crippen LogP contribution < -0.4 is 19.5 Å². The summed E-state index contributed by atoms with van der Waals surface area (Å²) in [6, 6.07) is 11.7. The summed E-state index contributed by atoms with van der Waals surface area (Å²) < 4.78 is 38.5. The van der Waals surface area contributed by atoms with Crippen molar-refractivity contribution in [2.45, 2.75) is 11.4 Å². The van der Waals surface area contributed by atoms with Crippen molar-refractivity contribution in [1.29, 1.82) is 0 Å². The first-order chi connectivity index (χ1) is 14.3. The number of hydrogen-bond acceptors (Lipinski definition) is 7. The number of halogens is 2. The van der Waals surface area contributed by atoms with Gasteiger partial charge in [0.2, 0.25) is 11.7 Å². The number of benzene rings is 2. The van der Waals surface area contributed by atoms with Gasteiger partial charge < -0.3 is 14.8 Å². The van der Waals surface area contributed by atoms with Crippen LogP contribution in [0.2, 0.25) is 10.0 Å². The SMILES string of the molecule is CNCc1ccc(Oc2cnc(NS(=O)(=O)c3cccc(Cl)c3Cl)c(OC)n2)cc1. The quantitative estimate of drug-likeness (QED) is 0.512. The van der Waals surface area contributed by atoms with Gasteiger partial charge in [0.05, 0.1) is 23.4 Å². The van der Waals surface area contributed by atoms with Gasteiger partial charge in [-0.1, -0.05) is 41.4 Å². The van der Waals surface area contributed by atoms with Crippen LogP contribution in [0.4, 0.5) is 5.82 Å². The van der Waals surface area contributed by atoms with Gasteiger partial charge in [-0.2, -0.15) is 4.98 Å². The van der Waals surface area contributed by atoms with Crippen molar-refractivity contribution < 1.29 is 17.9 Å². The van der Waals surface area contributed by atoms with Crippen molar-refractivity contribution in [3.63, 3.8) is 0 Å². The highest BCUT2D eigenvalue weighted by atomic mass is 35.5. The van der Waals surface area contributed by atoms with E-state index in [1.54, 1.807) is 12.1 Å². The van der Waals surface area contributed by atoms with Gasteiger partial charge in [0.15, 0.2) is 0 Å². The number of methoxy groups -OCH3 is 1. The zero-order valence-electron chi connectivity index (χ0n) is 16.0. The van der Waals surface area contributed by atoms with E-state index in [1.165, 1.54) is 31.5 Å². The van der Waals surface area contributed by atoms with E-state index in [0.29, 0.717) is 5.75 Å². The number of sulfonamides is 1. The fourth-order valence-electron chi connectivity index (χ4n) is 2.49. The van der Waals surface area contributed by atoms with Crippen molar-refractivity contribution in [2.24, 2.45) is 0 Å². The summed E-state index contributed by atoms with van der Waals surface area (Å²) in [6.45, 7) is 0.736. The highest BCUT2D eigenvalue weighted by Crippen LogP contribution is 2.32. The monoisotopic (exact) mass is 468 g/mol. The molecule has 0 bridgehead atoms. The van der Waals surface area contributed by atoms with Crippen LogP contribution in [0.25, 0.3) is 0 Å². The lowest BCUT2D eigenvalue weighted by atomic mass is 10.2. The Kier molecular flexibility index (Phi) is 6.99. The summed E-state index contributed by atoms with van der Waals surface area (Å²) in [5.74, 6) is 0.494. The lowest BCUT2D eigenvalue weighted by Gasteiger charge is -2.13. The Bertz CT molecular complexity index is 1140. The first kappa shape index (κ1) is 22.1. The molecule has 1 heterocycles. The van der Waals surface area contributed by atoms with E-state index >= 15 is 0 Å². The van der Waals surface area contributed by atoms with E-state index in [1.807, 2.05) is 19.2 Å². The van der Waals surface area contributed by atoms with Crippen molar-refractivity contribution in [2.75, 3.05) is 18.9 Å². The minimum absolute atomic E-state index is 0.0685. The van der Waals surface area contributed by atoms with Crippen LogP contribution in [-0.2, 0) is 16.6 Å². The molecule has 0 aliphatic heterocycles. The van der Waals surface area contributed by atoms with E-state index in [-0.39, 0.29) is 32.5 Å². The van der Waals surface area contributed by atoms with Gasteiger partial charge in [-0.3, -0.25) is 4.72 Å². The van der Waals surface area contributed by atoms with Crippen LogP contribution in [0.15, 0.2) is 53.6 Å². The predicted octanol–water partition coefficient (Wildman–Crippen LogP) is 4.10. The van der Waals surface area contributed by atoms with Gasteiger partial charge in [0.1, 0.15) is 10.6 Å². The third kappa shape index (κ3) is 5.11. The van der Waals surface area contributed by atoms with Crippen LogP contribution in [0, 0.1) is 0 Å². The van der Waals surface area contributed by atoms with E-state index in [4.69, 9.17) is 32.7 Å². The normalized spacial score (nSPS) is 11.2. The summed E-state index contributed by atoms with van der Waals surface area (Å²) in [4.78, 5) is 8.03. The fraction of sp³-hybridized carbons (Fsp3) is 0.158. The lowest BCUT2D eigenvalue weighted by Crippen LogP contribution is -2.15. The first-order valence-electron chi connectivity index (χ1n) is 8.63. The molecule has 2 N–H and O–H groups in total. The molecule has 0 saturated heterocycles. The summed E-state index contributed by atoms with van der Waals surface area (Å²) >= 11 is 11.9. The van der Waals surface area contributed by atoms with Crippen molar-refractivity contribution in [3.8, 4) is 17.5 Å².